The van der Waals surface area contributed by atoms with E-state index in [4.69, 9.17) is 4.74 Å². The molecule has 0 saturated heterocycles. The maximum absolute atomic E-state index is 12.9. The van der Waals surface area contributed by atoms with Crippen LogP contribution < -0.4 is 0 Å². The molecule has 1 aliphatic carbocycles. The molecule has 0 bridgehead atoms. The second kappa shape index (κ2) is 8.29. The summed E-state index contributed by atoms with van der Waals surface area (Å²) in [6, 6.07) is 20.6. The van der Waals surface area contributed by atoms with Gasteiger partial charge in [0.25, 0.3) is 0 Å². The summed E-state index contributed by atoms with van der Waals surface area (Å²) >= 11 is 0. The van der Waals surface area contributed by atoms with Gasteiger partial charge in [-0.25, -0.2) is 0 Å². The smallest absolute Gasteiger partial charge is 0.313 e. The number of rotatable bonds is 5. The standard InChI is InChI=1S/C25H32O2/c1-18-15-16-22(25(3,4)21-13-9-6-10-14-21)23(17-18)27-24(26)19(2)20-11-7-5-8-12-20/h5-14,18-19,22-23H,15-17H2,1-4H3/t18-,19+,22-,23-/m1/s1. The van der Waals surface area contributed by atoms with Crippen LogP contribution in [-0.4, -0.2) is 12.1 Å². The Balaban J connectivity index is 1.79. The molecule has 0 amide bonds. The van der Waals surface area contributed by atoms with Crippen LogP contribution in [-0.2, 0) is 14.9 Å². The topological polar surface area (TPSA) is 26.3 Å². The summed E-state index contributed by atoms with van der Waals surface area (Å²) in [5, 5.41) is 0. The third-order valence-electron chi connectivity index (χ3n) is 6.42. The van der Waals surface area contributed by atoms with Crippen molar-refractivity contribution in [2.45, 2.75) is 64.4 Å². The lowest BCUT2D eigenvalue weighted by molar-refractivity contribution is -0.158. The van der Waals surface area contributed by atoms with Gasteiger partial charge in [-0.15, -0.1) is 0 Å². The van der Waals surface area contributed by atoms with Crippen LogP contribution in [0.15, 0.2) is 60.7 Å². The van der Waals surface area contributed by atoms with Crippen molar-refractivity contribution in [2.24, 2.45) is 11.8 Å². The lowest BCUT2D eigenvalue weighted by atomic mass is 9.64. The van der Waals surface area contributed by atoms with Gasteiger partial charge in [-0.05, 0) is 42.2 Å². The first-order valence-corrected chi connectivity index (χ1v) is 10.2. The van der Waals surface area contributed by atoms with Crippen LogP contribution in [0.3, 0.4) is 0 Å². The molecular formula is C25H32O2. The summed E-state index contributed by atoms with van der Waals surface area (Å²) in [4.78, 5) is 12.9. The summed E-state index contributed by atoms with van der Waals surface area (Å²) < 4.78 is 6.16. The molecule has 0 aliphatic heterocycles. The molecule has 1 saturated carbocycles. The molecule has 0 unspecified atom stereocenters. The number of hydrogen-bond donors (Lipinski definition) is 0. The molecule has 27 heavy (non-hydrogen) atoms. The predicted molar refractivity (Wildman–Crippen MR) is 111 cm³/mol. The van der Waals surface area contributed by atoms with Gasteiger partial charge in [0.05, 0.1) is 5.92 Å². The van der Waals surface area contributed by atoms with E-state index in [1.807, 2.05) is 37.3 Å². The SMILES string of the molecule is C[C@@H]1CC[C@@H](C(C)(C)c2ccccc2)[C@H](OC(=O)[C@@H](C)c2ccccc2)C1. The molecule has 3 rings (SSSR count). The van der Waals surface area contributed by atoms with Crippen molar-refractivity contribution in [3.05, 3.63) is 71.8 Å². The van der Waals surface area contributed by atoms with Crippen molar-refractivity contribution in [1.82, 2.24) is 0 Å². The van der Waals surface area contributed by atoms with Gasteiger partial charge in [0, 0.05) is 5.92 Å². The highest BCUT2D eigenvalue weighted by molar-refractivity contribution is 5.77. The minimum absolute atomic E-state index is 0.0254. The monoisotopic (exact) mass is 364 g/mol. The minimum atomic E-state index is -0.232. The average Bonchev–Trinajstić information content (AvgIpc) is 2.68. The van der Waals surface area contributed by atoms with E-state index < -0.39 is 0 Å². The Kier molecular flexibility index (Phi) is 6.04. The molecule has 0 N–H and O–H groups in total. The van der Waals surface area contributed by atoms with Gasteiger partial charge in [0.15, 0.2) is 0 Å². The highest BCUT2D eigenvalue weighted by Gasteiger charge is 2.42. The minimum Gasteiger partial charge on any atom is -0.462 e. The molecule has 2 heteroatoms. The number of carbonyl (C=O) groups is 1. The molecule has 1 aliphatic rings. The Labute approximate surface area is 164 Å². The zero-order valence-corrected chi connectivity index (χ0v) is 17.0. The number of carbonyl (C=O) groups excluding carboxylic acids is 1. The normalized spacial score (nSPS) is 24.2. The Morgan fingerprint density at radius 1 is 1.00 bits per heavy atom. The van der Waals surface area contributed by atoms with Gasteiger partial charge in [0.2, 0.25) is 0 Å². The molecule has 0 spiro atoms. The molecule has 1 fully saturated rings. The predicted octanol–water partition coefficient (Wildman–Crippen LogP) is 6.12. The van der Waals surface area contributed by atoms with Crippen molar-refractivity contribution in [3.8, 4) is 0 Å². The summed E-state index contributed by atoms with van der Waals surface area (Å²) in [6.45, 7) is 8.81. The average molecular weight is 365 g/mol. The number of hydrogen-bond acceptors (Lipinski definition) is 2. The van der Waals surface area contributed by atoms with E-state index in [1.165, 1.54) is 12.0 Å². The number of benzene rings is 2. The van der Waals surface area contributed by atoms with Crippen LogP contribution in [0, 0.1) is 11.8 Å². The van der Waals surface area contributed by atoms with Crippen molar-refractivity contribution >= 4 is 5.97 Å². The third kappa shape index (κ3) is 4.43. The molecule has 0 aromatic heterocycles. The molecule has 2 nitrogen and oxygen atoms in total. The van der Waals surface area contributed by atoms with Crippen molar-refractivity contribution < 1.29 is 9.53 Å². The van der Waals surface area contributed by atoms with Gasteiger partial charge in [-0.1, -0.05) is 87.9 Å². The highest BCUT2D eigenvalue weighted by atomic mass is 16.5. The molecule has 2 aromatic rings. The molecule has 0 heterocycles. The summed E-state index contributed by atoms with van der Waals surface area (Å²) in [5.41, 5.74) is 2.31. The van der Waals surface area contributed by atoms with Crippen LogP contribution in [0.25, 0.3) is 0 Å². The Bertz CT molecular complexity index is 735. The van der Waals surface area contributed by atoms with Crippen LogP contribution in [0.2, 0.25) is 0 Å². The van der Waals surface area contributed by atoms with Crippen molar-refractivity contribution in [1.29, 1.82) is 0 Å². The second-order valence-corrected chi connectivity index (χ2v) is 8.72. The Morgan fingerprint density at radius 3 is 2.22 bits per heavy atom. The maximum atomic E-state index is 12.9. The van der Waals surface area contributed by atoms with Crippen molar-refractivity contribution in [3.63, 3.8) is 0 Å². The second-order valence-electron chi connectivity index (χ2n) is 8.72. The fourth-order valence-electron chi connectivity index (χ4n) is 4.50. The van der Waals surface area contributed by atoms with Gasteiger partial charge in [-0.2, -0.15) is 0 Å². The van der Waals surface area contributed by atoms with Crippen LogP contribution in [0.4, 0.5) is 0 Å². The first-order chi connectivity index (χ1) is 12.9. The molecule has 144 valence electrons. The fourth-order valence-corrected chi connectivity index (χ4v) is 4.50. The highest BCUT2D eigenvalue weighted by Crippen LogP contribution is 2.44. The van der Waals surface area contributed by atoms with E-state index in [2.05, 4.69) is 51.1 Å². The Morgan fingerprint density at radius 2 is 1.59 bits per heavy atom. The zero-order valence-electron chi connectivity index (χ0n) is 17.0. The molecule has 0 radical (unpaired) electrons. The Hall–Kier alpha value is -2.09. The third-order valence-corrected chi connectivity index (χ3v) is 6.42. The zero-order chi connectivity index (χ0) is 19.4. The summed E-state index contributed by atoms with van der Waals surface area (Å²) in [6.07, 6.45) is 3.22. The molecule has 4 atom stereocenters. The van der Waals surface area contributed by atoms with Crippen LogP contribution in [0.1, 0.15) is 64.0 Å². The van der Waals surface area contributed by atoms with E-state index in [1.54, 1.807) is 0 Å². The van der Waals surface area contributed by atoms with E-state index in [-0.39, 0.29) is 23.4 Å². The maximum Gasteiger partial charge on any atom is 0.313 e. The lowest BCUT2D eigenvalue weighted by Gasteiger charge is -2.44. The summed E-state index contributed by atoms with van der Waals surface area (Å²) in [7, 11) is 0. The fraction of sp³-hybridized carbons (Fsp3) is 0.480. The number of ether oxygens (including phenoxy) is 1. The summed E-state index contributed by atoms with van der Waals surface area (Å²) in [5.74, 6) is 0.596. The van der Waals surface area contributed by atoms with Crippen LogP contribution >= 0.6 is 0 Å². The number of esters is 1. The van der Waals surface area contributed by atoms with E-state index in [0.717, 1.165) is 18.4 Å². The van der Waals surface area contributed by atoms with Gasteiger partial charge in [0.1, 0.15) is 6.10 Å². The van der Waals surface area contributed by atoms with Gasteiger partial charge >= 0.3 is 5.97 Å². The lowest BCUT2D eigenvalue weighted by Crippen LogP contribution is -2.44. The van der Waals surface area contributed by atoms with E-state index >= 15 is 0 Å². The van der Waals surface area contributed by atoms with Gasteiger partial charge in [-0.3, -0.25) is 4.79 Å². The van der Waals surface area contributed by atoms with Gasteiger partial charge < -0.3 is 4.74 Å². The van der Waals surface area contributed by atoms with E-state index in [9.17, 15) is 4.79 Å². The molecular weight excluding hydrogens is 332 g/mol. The largest absolute Gasteiger partial charge is 0.462 e. The first kappa shape index (κ1) is 19.7. The van der Waals surface area contributed by atoms with Crippen molar-refractivity contribution in [2.75, 3.05) is 0 Å². The first-order valence-electron chi connectivity index (χ1n) is 10.2. The van der Waals surface area contributed by atoms with E-state index in [0.29, 0.717) is 11.8 Å². The quantitative estimate of drug-likeness (QED) is 0.598. The van der Waals surface area contributed by atoms with Crippen LogP contribution in [0.5, 0.6) is 0 Å². The molecule has 2 aromatic carbocycles.